The molecule has 0 saturated carbocycles. The van der Waals surface area contributed by atoms with E-state index < -0.39 is 0 Å². The van der Waals surface area contributed by atoms with Crippen LogP contribution in [-0.2, 0) is 22.6 Å². The lowest BCUT2D eigenvalue weighted by Gasteiger charge is -2.15. The van der Waals surface area contributed by atoms with Crippen molar-refractivity contribution in [1.82, 2.24) is 10.2 Å². The highest BCUT2D eigenvalue weighted by Gasteiger charge is 2.21. The summed E-state index contributed by atoms with van der Waals surface area (Å²) < 4.78 is 0. The molecule has 1 saturated heterocycles. The van der Waals surface area contributed by atoms with E-state index in [4.69, 9.17) is 5.73 Å². The molecule has 1 aliphatic heterocycles. The highest BCUT2D eigenvalue weighted by molar-refractivity contribution is 5.85. The van der Waals surface area contributed by atoms with E-state index in [1.165, 1.54) is 5.56 Å². The lowest BCUT2D eigenvalue weighted by Crippen LogP contribution is -2.37. The molecule has 0 spiro atoms. The molecule has 0 aromatic heterocycles. The summed E-state index contributed by atoms with van der Waals surface area (Å²) in [6.45, 7) is 1.99. The number of amides is 2. The molecule has 0 atom stereocenters. The van der Waals surface area contributed by atoms with Crippen molar-refractivity contribution in [2.24, 2.45) is 5.73 Å². The molecule has 1 aromatic rings. The predicted molar refractivity (Wildman–Crippen MR) is 76.9 cm³/mol. The molecule has 108 valence electrons. The monoisotopic (exact) mass is 275 g/mol. The molecule has 0 radical (unpaired) electrons. The van der Waals surface area contributed by atoms with Crippen molar-refractivity contribution in [3.05, 3.63) is 35.4 Å². The van der Waals surface area contributed by atoms with E-state index in [1.807, 2.05) is 24.3 Å². The summed E-state index contributed by atoms with van der Waals surface area (Å²) in [6, 6.07) is 8.04. The number of rotatable bonds is 6. The summed E-state index contributed by atoms with van der Waals surface area (Å²) in [6.07, 6.45) is 2.29. The first kappa shape index (κ1) is 14.5. The fourth-order valence-electron chi connectivity index (χ4n) is 2.29. The molecule has 1 fully saturated rings. The van der Waals surface area contributed by atoms with Crippen LogP contribution in [0.4, 0.5) is 0 Å². The normalized spacial score (nSPS) is 14.7. The fourth-order valence-corrected chi connectivity index (χ4v) is 2.29. The Kier molecular flexibility index (Phi) is 5.12. The fraction of sp³-hybridized carbons (Fsp3) is 0.467. The van der Waals surface area contributed by atoms with Gasteiger partial charge in [-0.1, -0.05) is 24.3 Å². The van der Waals surface area contributed by atoms with Crippen molar-refractivity contribution in [2.75, 3.05) is 19.6 Å². The van der Waals surface area contributed by atoms with E-state index in [2.05, 4.69) is 5.32 Å². The summed E-state index contributed by atoms with van der Waals surface area (Å²) in [5.41, 5.74) is 7.74. The standard InChI is InChI=1S/C15H21N3O2/c16-8-7-12-3-5-13(6-4-12)10-17-14(19)11-18-9-1-2-15(18)20/h3-6H,1-2,7-11,16H2,(H,17,19). The van der Waals surface area contributed by atoms with Crippen molar-refractivity contribution < 1.29 is 9.59 Å². The Hall–Kier alpha value is -1.88. The number of nitrogens with zero attached hydrogens (tertiary/aromatic N) is 1. The molecule has 5 heteroatoms. The Bertz CT molecular complexity index is 471. The molecular formula is C15H21N3O2. The van der Waals surface area contributed by atoms with Gasteiger partial charge < -0.3 is 16.0 Å². The summed E-state index contributed by atoms with van der Waals surface area (Å²) >= 11 is 0. The van der Waals surface area contributed by atoms with Crippen LogP contribution in [0.15, 0.2) is 24.3 Å². The zero-order chi connectivity index (χ0) is 14.4. The highest BCUT2D eigenvalue weighted by atomic mass is 16.2. The lowest BCUT2D eigenvalue weighted by atomic mass is 10.1. The molecule has 20 heavy (non-hydrogen) atoms. The van der Waals surface area contributed by atoms with Gasteiger partial charge in [0.25, 0.3) is 0 Å². The summed E-state index contributed by atoms with van der Waals surface area (Å²) in [7, 11) is 0. The van der Waals surface area contributed by atoms with Crippen LogP contribution < -0.4 is 11.1 Å². The summed E-state index contributed by atoms with van der Waals surface area (Å²) in [5.74, 6) is -0.0300. The maximum atomic E-state index is 11.8. The minimum absolute atomic E-state index is 0.0753. The van der Waals surface area contributed by atoms with Gasteiger partial charge >= 0.3 is 0 Å². The van der Waals surface area contributed by atoms with Crippen LogP contribution in [0.5, 0.6) is 0 Å². The Morgan fingerprint density at radius 3 is 2.55 bits per heavy atom. The number of hydrogen-bond donors (Lipinski definition) is 2. The van der Waals surface area contributed by atoms with Crippen LogP contribution in [0.3, 0.4) is 0 Å². The molecule has 1 aliphatic rings. The predicted octanol–water partition coefficient (Wildman–Crippen LogP) is 0.426. The van der Waals surface area contributed by atoms with Crippen molar-refractivity contribution in [3.63, 3.8) is 0 Å². The van der Waals surface area contributed by atoms with Crippen LogP contribution in [0.2, 0.25) is 0 Å². The van der Waals surface area contributed by atoms with Crippen LogP contribution >= 0.6 is 0 Å². The van der Waals surface area contributed by atoms with Crippen molar-refractivity contribution in [2.45, 2.75) is 25.8 Å². The molecule has 2 rings (SSSR count). The van der Waals surface area contributed by atoms with Gasteiger partial charge in [0.1, 0.15) is 0 Å². The molecule has 0 unspecified atom stereocenters. The smallest absolute Gasteiger partial charge is 0.239 e. The third-order valence-electron chi connectivity index (χ3n) is 3.45. The van der Waals surface area contributed by atoms with Gasteiger partial charge in [0.15, 0.2) is 0 Å². The van der Waals surface area contributed by atoms with Crippen LogP contribution in [-0.4, -0.2) is 36.3 Å². The number of carbonyl (C=O) groups is 2. The van der Waals surface area contributed by atoms with E-state index in [9.17, 15) is 9.59 Å². The first-order valence-corrected chi connectivity index (χ1v) is 7.01. The maximum Gasteiger partial charge on any atom is 0.239 e. The number of nitrogens with two attached hydrogens (primary N) is 1. The lowest BCUT2D eigenvalue weighted by molar-refractivity contribution is -0.133. The van der Waals surface area contributed by atoms with Gasteiger partial charge in [0.2, 0.25) is 11.8 Å². The third-order valence-corrected chi connectivity index (χ3v) is 3.45. The van der Waals surface area contributed by atoms with Gasteiger partial charge in [-0.15, -0.1) is 0 Å². The first-order chi connectivity index (χ1) is 9.69. The van der Waals surface area contributed by atoms with Crippen LogP contribution in [0.25, 0.3) is 0 Å². The van der Waals surface area contributed by atoms with E-state index in [1.54, 1.807) is 4.90 Å². The van der Waals surface area contributed by atoms with E-state index in [0.717, 1.165) is 18.4 Å². The maximum absolute atomic E-state index is 11.8. The second-order valence-electron chi connectivity index (χ2n) is 5.05. The Balaban J connectivity index is 1.76. The average Bonchev–Trinajstić information content (AvgIpc) is 2.84. The first-order valence-electron chi connectivity index (χ1n) is 7.01. The van der Waals surface area contributed by atoms with Gasteiger partial charge in [-0.2, -0.15) is 0 Å². The number of hydrogen-bond acceptors (Lipinski definition) is 3. The molecule has 3 N–H and O–H groups in total. The molecule has 2 amide bonds. The Morgan fingerprint density at radius 2 is 1.95 bits per heavy atom. The minimum atomic E-state index is -0.105. The molecular weight excluding hydrogens is 254 g/mol. The van der Waals surface area contributed by atoms with E-state index in [0.29, 0.717) is 26.1 Å². The molecule has 0 aliphatic carbocycles. The SMILES string of the molecule is NCCc1ccc(CNC(=O)CN2CCCC2=O)cc1. The van der Waals surface area contributed by atoms with Gasteiger partial charge in [0.05, 0.1) is 6.54 Å². The number of benzene rings is 1. The van der Waals surface area contributed by atoms with Crippen molar-refractivity contribution in [3.8, 4) is 0 Å². The molecule has 0 bridgehead atoms. The van der Waals surface area contributed by atoms with Crippen molar-refractivity contribution in [1.29, 1.82) is 0 Å². The topological polar surface area (TPSA) is 75.4 Å². The molecule has 5 nitrogen and oxygen atoms in total. The number of nitrogens with one attached hydrogen (secondary N) is 1. The molecule has 1 heterocycles. The second-order valence-corrected chi connectivity index (χ2v) is 5.05. The number of likely N-dealkylation sites (tertiary alicyclic amines) is 1. The third kappa shape index (κ3) is 4.06. The van der Waals surface area contributed by atoms with Gasteiger partial charge in [-0.25, -0.2) is 0 Å². The van der Waals surface area contributed by atoms with Crippen molar-refractivity contribution >= 4 is 11.8 Å². The Labute approximate surface area is 119 Å². The zero-order valence-electron chi connectivity index (χ0n) is 11.6. The summed E-state index contributed by atoms with van der Waals surface area (Å²) in [4.78, 5) is 24.8. The largest absolute Gasteiger partial charge is 0.350 e. The van der Waals surface area contributed by atoms with E-state index >= 15 is 0 Å². The van der Waals surface area contributed by atoms with Crippen LogP contribution in [0, 0.1) is 0 Å². The average molecular weight is 275 g/mol. The van der Waals surface area contributed by atoms with Gasteiger partial charge in [-0.3, -0.25) is 9.59 Å². The second kappa shape index (κ2) is 7.05. The highest BCUT2D eigenvalue weighted by Crippen LogP contribution is 2.08. The number of carbonyl (C=O) groups excluding carboxylic acids is 2. The van der Waals surface area contributed by atoms with Gasteiger partial charge in [-0.05, 0) is 30.5 Å². The van der Waals surface area contributed by atoms with E-state index in [-0.39, 0.29) is 18.4 Å². The zero-order valence-corrected chi connectivity index (χ0v) is 11.6. The molecule has 1 aromatic carbocycles. The minimum Gasteiger partial charge on any atom is -0.350 e. The van der Waals surface area contributed by atoms with Gasteiger partial charge in [0, 0.05) is 19.5 Å². The Morgan fingerprint density at radius 1 is 1.25 bits per heavy atom. The quantitative estimate of drug-likeness (QED) is 0.790. The summed E-state index contributed by atoms with van der Waals surface area (Å²) in [5, 5.41) is 2.84. The van der Waals surface area contributed by atoms with Crippen LogP contribution in [0.1, 0.15) is 24.0 Å².